The van der Waals surface area contributed by atoms with Gasteiger partial charge in [0.1, 0.15) is 6.54 Å². The highest BCUT2D eigenvalue weighted by atomic mass is 19.3. The van der Waals surface area contributed by atoms with Crippen LogP contribution in [0.15, 0.2) is 6.20 Å². The predicted molar refractivity (Wildman–Crippen MR) is 38.4 cm³/mol. The Morgan fingerprint density at radius 3 is 2.83 bits per heavy atom. The van der Waals surface area contributed by atoms with Gasteiger partial charge in [0.15, 0.2) is 6.29 Å². The third kappa shape index (κ3) is 1.87. The third-order valence-electron chi connectivity index (χ3n) is 1.44. The van der Waals surface area contributed by atoms with E-state index in [9.17, 15) is 13.6 Å². The maximum absolute atomic E-state index is 11.8. The molecule has 1 aromatic rings. The SMILES string of the molecule is Cc1nn(CC(F)F)cc1C=O. The van der Waals surface area contributed by atoms with Crippen molar-refractivity contribution in [3.05, 3.63) is 17.5 Å². The number of hydrogen-bond acceptors (Lipinski definition) is 2. The van der Waals surface area contributed by atoms with E-state index in [-0.39, 0.29) is 0 Å². The largest absolute Gasteiger partial charge is 0.298 e. The minimum absolute atomic E-state index is 0.357. The highest BCUT2D eigenvalue weighted by Gasteiger charge is 2.07. The van der Waals surface area contributed by atoms with Crippen molar-refractivity contribution in [3.8, 4) is 0 Å². The number of rotatable bonds is 3. The predicted octanol–water partition coefficient (Wildman–Crippen LogP) is 1.27. The van der Waals surface area contributed by atoms with E-state index in [1.54, 1.807) is 6.92 Å². The Morgan fingerprint density at radius 2 is 2.42 bits per heavy atom. The lowest BCUT2D eigenvalue weighted by Gasteiger charge is -1.97. The molecular formula is C7H8F2N2O. The fourth-order valence-electron chi connectivity index (χ4n) is 0.884. The van der Waals surface area contributed by atoms with Crippen molar-refractivity contribution in [2.45, 2.75) is 19.9 Å². The van der Waals surface area contributed by atoms with E-state index in [1.807, 2.05) is 0 Å². The van der Waals surface area contributed by atoms with Gasteiger partial charge in [0.25, 0.3) is 6.43 Å². The van der Waals surface area contributed by atoms with Crippen LogP contribution in [0.3, 0.4) is 0 Å². The number of nitrogens with zero attached hydrogens (tertiary/aromatic N) is 2. The van der Waals surface area contributed by atoms with Crippen molar-refractivity contribution in [2.24, 2.45) is 0 Å². The quantitative estimate of drug-likeness (QED) is 0.647. The Balaban J connectivity index is 2.82. The molecule has 0 aromatic carbocycles. The van der Waals surface area contributed by atoms with Crippen molar-refractivity contribution in [1.82, 2.24) is 9.78 Å². The second-order valence-electron chi connectivity index (χ2n) is 2.40. The lowest BCUT2D eigenvalue weighted by atomic mass is 10.3. The minimum Gasteiger partial charge on any atom is -0.298 e. The summed E-state index contributed by atoms with van der Waals surface area (Å²) in [6.45, 7) is 1.14. The van der Waals surface area contributed by atoms with Crippen LogP contribution in [-0.4, -0.2) is 22.5 Å². The number of aryl methyl sites for hydroxylation is 1. The van der Waals surface area contributed by atoms with Gasteiger partial charge in [-0.25, -0.2) is 8.78 Å². The van der Waals surface area contributed by atoms with Crippen LogP contribution in [0, 0.1) is 6.92 Å². The summed E-state index contributed by atoms with van der Waals surface area (Å²) in [5, 5.41) is 3.73. The molecule has 0 radical (unpaired) electrons. The molecule has 0 aliphatic carbocycles. The molecule has 0 unspecified atom stereocenters. The third-order valence-corrected chi connectivity index (χ3v) is 1.44. The maximum atomic E-state index is 11.8. The summed E-state index contributed by atoms with van der Waals surface area (Å²) >= 11 is 0. The summed E-state index contributed by atoms with van der Waals surface area (Å²) < 4.78 is 24.7. The van der Waals surface area contributed by atoms with E-state index in [0.717, 1.165) is 4.68 Å². The number of hydrogen-bond donors (Lipinski definition) is 0. The molecule has 0 saturated heterocycles. The lowest BCUT2D eigenvalue weighted by Crippen LogP contribution is -2.06. The highest BCUT2D eigenvalue weighted by Crippen LogP contribution is 2.04. The smallest absolute Gasteiger partial charge is 0.257 e. The van der Waals surface area contributed by atoms with Crippen LogP contribution in [0.5, 0.6) is 0 Å². The van der Waals surface area contributed by atoms with Gasteiger partial charge < -0.3 is 0 Å². The zero-order valence-corrected chi connectivity index (χ0v) is 6.50. The highest BCUT2D eigenvalue weighted by molar-refractivity contribution is 5.75. The maximum Gasteiger partial charge on any atom is 0.257 e. The zero-order chi connectivity index (χ0) is 9.14. The van der Waals surface area contributed by atoms with Gasteiger partial charge in [0.05, 0.1) is 11.3 Å². The first-order chi connectivity index (χ1) is 5.63. The van der Waals surface area contributed by atoms with Crippen molar-refractivity contribution in [3.63, 3.8) is 0 Å². The van der Waals surface area contributed by atoms with Gasteiger partial charge in [-0.05, 0) is 6.92 Å². The van der Waals surface area contributed by atoms with Crippen LogP contribution in [-0.2, 0) is 6.54 Å². The summed E-state index contributed by atoms with van der Waals surface area (Å²) in [6, 6.07) is 0. The molecule has 0 spiro atoms. The van der Waals surface area contributed by atoms with Crippen LogP contribution >= 0.6 is 0 Å². The number of aromatic nitrogens is 2. The van der Waals surface area contributed by atoms with Gasteiger partial charge in [-0.1, -0.05) is 0 Å². The van der Waals surface area contributed by atoms with Crippen LogP contribution in [0.4, 0.5) is 8.78 Å². The van der Waals surface area contributed by atoms with Gasteiger partial charge in [0, 0.05) is 6.20 Å². The molecule has 66 valence electrons. The van der Waals surface area contributed by atoms with Crippen molar-refractivity contribution in [1.29, 1.82) is 0 Å². The zero-order valence-electron chi connectivity index (χ0n) is 6.50. The fraction of sp³-hybridized carbons (Fsp3) is 0.429. The molecule has 12 heavy (non-hydrogen) atoms. The monoisotopic (exact) mass is 174 g/mol. The number of halogens is 2. The molecule has 5 heteroatoms. The molecule has 1 rings (SSSR count). The van der Waals surface area contributed by atoms with Crippen molar-refractivity contribution >= 4 is 6.29 Å². The summed E-state index contributed by atoms with van der Waals surface area (Å²) in [5.41, 5.74) is 0.835. The Labute approximate surface area is 68.0 Å². The topological polar surface area (TPSA) is 34.9 Å². The molecule has 0 atom stereocenters. The molecule has 1 aromatic heterocycles. The number of alkyl halides is 2. The van der Waals surface area contributed by atoms with Crippen LogP contribution in [0.2, 0.25) is 0 Å². The Bertz CT molecular complexity index is 283. The number of carbonyl (C=O) groups excluding carboxylic acids is 1. The lowest BCUT2D eigenvalue weighted by molar-refractivity contribution is 0.111. The molecular weight excluding hydrogens is 166 g/mol. The van der Waals surface area contributed by atoms with E-state index < -0.39 is 13.0 Å². The summed E-state index contributed by atoms with van der Waals surface area (Å²) in [5.74, 6) is 0. The number of aldehydes is 1. The molecule has 0 fully saturated rings. The summed E-state index contributed by atoms with van der Waals surface area (Å²) in [4.78, 5) is 10.3. The minimum atomic E-state index is -2.44. The summed E-state index contributed by atoms with van der Waals surface area (Å²) in [7, 11) is 0. The van der Waals surface area contributed by atoms with Crippen molar-refractivity contribution in [2.75, 3.05) is 0 Å². The average molecular weight is 174 g/mol. The first-order valence-corrected chi connectivity index (χ1v) is 3.41. The molecule has 3 nitrogen and oxygen atoms in total. The Morgan fingerprint density at radius 1 is 1.75 bits per heavy atom. The van der Waals surface area contributed by atoms with Gasteiger partial charge in [-0.2, -0.15) is 5.10 Å². The second-order valence-corrected chi connectivity index (χ2v) is 2.40. The fourth-order valence-corrected chi connectivity index (χ4v) is 0.884. The van der Waals surface area contributed by atoms with Crippen LogP contribution < -0.4 is 0 Å². The first-order valence-electron chi connectivity index (χ1n) is 3.41. The average Bonchev–Trinajstić information content (AvgIpc) is 2.29. The van der Waals surface area contributed by atoms with E-state index in [0.29, 0.717) is 17.5 Å². The first kappa shape index (κ1) is 8.83. The van der Waals surface area contributed by atoms with Crippen LogP contribution in [0.25, 0.3) is 0 Å². The van der Waals surface area contributed by atoms with E-state index >= 15 is 0 Å². The molecule has 0 aliphatic heterocycles. The van der Waals surface area contributed by atoms with E-state index in [1.165, 1.54) is 6.20 Å². The normalized spacial score (nSPS) is 10.7. The second kappa shape index (κ2) is 3.42. The molecule has 1 heterocycles. The molecule has 0 bridgehead atoms. The van der Waals surface area contributed by atoms with Gasteiger partial charge in [-0.3, -0.25) is 9.48 Å². The van der Waals surface area contributed by atoms with Crippen molar-refractivity contribution < 1.29 is 13.6 Å². The van der Waals surface area contributed by atoms with Crippen LogP contribution in [0.1, 0.15) is 16.1 Å². The van der Waals surface area contributed by atoms with E-state index in [4.69, 9.17) is 0 Å². The Kier molecular flexibility index (Phi) is 2.52. The Hall–Kier alpha value is -1.26. The van der Waals surface area contributed by atoms with Gasteiger partial charge in [0.2, 0.25) is 0 Å². The summed E-state index contributed by atoms with van der Waals surface area (Å²) in [6.07, 6.45) is -0.525. The number of carbonyl (C=O) groups is 1. The molecule has 0 saturated carbocycles. The van der Waals surface area contributed by atoms with Gasteiger partial charge >= 0.3 is 0 Å². The molecule has 0 N–H and O–H groups in total. The van der Waals surface area contributed by atoms with Gasteiger partial charge in [-0.15, -0.1) is 0 Å². The molecule has 0 aliphatic rings. The standard InChI is InChI=1S/C7H8F2N2O/c1-5-6(4-12)2-11(10-5)3-7(8)9/h2,4,7H,3H2,1H3. The molecule has 0 amide bonds. The van der Waals surface area contributed by atoms with E-state index in [2.05, 4.69) is 5.10 Å².